The molecule has 2 rings (SSSR count). The number of rotatable bonds is 3. The Bertz CT molecular complexity index is 507. The van der Waals surface area contributed by atoms with E-state index in [0.717, 1.165) is 12.8 Å². The molecule has 2 atom stereocenters. The van der Waals surface area contributed by atoms with Crippen LogP contribution in [0.25, 0.3) is 0 Å². The topological polar surface area (TPSA) is 64.3 Å². The molecule has 1 aromatic carbocycles. The molecule has 110 valence electrons. The van der Waals surface area contributed by atoms with E-state index in [-0.39, 0.29) is 5.91 Å². The summed E-state index contributed by atoms with van der Waals surface area (Å²) in [6, 6.07) is 5.15. The predicted octanol–water partition coefficient (Wildman–Crippen LogP) is 3.19. The van der Waals surface area contributed by atoms with Gasteiger partial charge in [0.15, 0.2) is 0 Å². The van der Waals surface area contributed by atoms with Gasteiger partial charge in [-0.05, 0) is 30.9 Å². The minimum Gasteiger partial charge on any atom is -0.497 e. The fourth-order valence-corrected chi connectivity index (χ4v) is 2.94. The second-order valence-electron chi connectivity index (χ2n) is 5.66. The van der Waals surface area contributed by atoms with Crippen molar-refractivity contribution in [3.63, 3.8) is 0 Å². The summed E-state index contributed by atoms with van der Waals surface area (Å²) in [7, 11) is 1.57. The molecule has 0 bridgehead atoms. The summed E-state index contributed by atoms with van der Waals surface area (Å²) in [5.41, 5.74) is 6.01. The fraction of sp³-hybridized carbons (Fsp3) is 0.533. The molecule has 1 saturated carbocycles. The molecule has 0 saturated heterocycles. The highest BCUT2D eigenvalue weighted by Gasteiger charge is 2.38. The molecule has 3 N–H and O–H groups in total. The monoisotopic (exact) mass is 296 g/mol. The molecule has 1 aliphatic carbocycles. The molecule has 0 radical (unpaired) electrons. The molecule has 0 heterocycles. The van der Waals surface area contributed by atoms with Crippen molar-refractivity contribution in [1.82, 2.24) is 0 Å². The van der Waals surface area contributed by atoms with Gasteiger partial charge < -0.3 is 15.8 Å². The Morgan fingerprint density at radius 1 is 1.55 bits per heavy atom. The highest BCUT2D eigenvalue weighted by molar-refractivity contribution is 6.33. The van der Waals surface area contributed by atoms with Crippen LogP contribution < -0.4 is 15.8 Å². The summed E-state index contributed by atoms with van der Waals surface area (Å²) < 4.78 is 5.14. The maximum Gasteiger partial charge on any atom is 0.244 e. The van der Waals surface area contributed by atoms with Crippen LogP contribution in [-0.2, 0) is 4.79 Å². The second-order valence-corrected chi connectivity index (χ2v) is 6.06. The van der Waals surface area contributed by atoms with Crippen molar-refractivity contribution >= 4 is 23.2 Å². The van der Waals surface area contributed by atoms with E-state index in [4.69, 9.17) is 22.1 Å². The van der Waals surface area contributed by atoms with Crippen molar-refractivity contribution in [3.05, 3.63) is 23.2 Å². The van der Waals surface area contributed by atoms with E-state index >= 15 is 0 Å². The van der Waals surface area contributed by atoms with E-state index in [1.54, 1.807) is 25.3 Å². The number of halogens is 1. The Morgan fingerprint density at radius 3 is 2.95 bits per heavy atom. The molecule has 1 aromatic rings. The van der Waals surface area contributed by atoms with Crippen LogP contribution in [0.5, 0.6) is 5.75 Å². The molecule has 2 unspecified atom stereocenters. The first-order valence-electron chi connectivity index (χ1n) is 6.88. The quantitative estimate of drug-likeness (QED) is 0.900. The first kappa shape index (κ1) is 15.1. The van der Waals surface area contributed by atoms with Crippen LogP contribution in [0.4, 0.5) is 5.69 Å². The van der Waals surface area contributed by atoms with Crippen molar-refractivity contribution in [3.8, 4) is 5.75 Å². The summed E-state index contributed by atoms with van der Waals surface area (Å²) in [6.45, 7) is 2.13. The average molecular weight is 297 g/mol. The van der Waals surface area contributed by atoms with Gasteiger partial charge in [-0.1, -0.05) is 31.4 Å². The number of anilines is 1. The van der Waals surface area contributed by atoms with Crippen LogP contribution in [0.3, 0.4) is 0 Å². The highest BCUT2D eigenvalue weighted by atomic mass is 35.5. The van der Waals surface area contributed by atoms with Crippen molar-refractivity contribution in [2.75, 3.05) is 12.4 Å². The number of hydrogen-bond acceptors (Lipinski definition) is 3. The van der Waals surface area contributed by atoms with Gasteiger partial charge in [0.25, 0.3) is 0 Å². The zero-order valence-corrected chi connectivity index (χ0v) is 12.7. The highest BCUT2D eigenvalue weighted by Crippen LogP contribution is 2.33. The largest absolute Gasteiger partial charge is 0.497 e. The van der Waals surface area contributed by atoms with Crippen molar-refractivity contribution in [1.29, 1.82) is 0 Å². The van der Waals surface area contributed by atoms with Gasteiger partial charge in [0, 0.05) is 6.07 Å². The van der Waals surface area contributed by atoms with E-state index in [9.17, 15) is 4.79 Å². The maximum absolute atomic E-state index is 12.5. The van der Waals surface area contributed by atoms with Crippen molar-refractivity contribution < 1.29 is 9.53 Å². The first-order chi connectivity index (χ1) is 9.44. The lowest BCUT2D eigenvalue weighted by molar-refractivity contribution is -0.122. The fourth-order valence-electron chi connectivity index (χ4n) is 2.77. The molecule has 4 nitrogen and oxygen atoms in total. The number of benzene rings is 1. The molecule has 1 aliphatic rings. The van der Waals surface area contributed by atoms with Gasteiger partial charge in [-0.3, -0.25) is 4.79 Å². The Balaban J connectivity index is 2.15. The maximum atomic E-state index is 12.5. The Labute approximate surface area is 124 Å². The molecule has 0 spiro atoms. The third kappa shape index (κ3) is 3.25. The minimum atomic E-state index is -0.802. The number of carbonyl (C=O) groups is 1. The smallest absolute Gasteiger partial charge is 0.244 e. The number of amides is 1. The first-order valence-corrected chi connectivity index (χ1v) is 7.26. The van der Waals surface area contributed by atoms with Crippen LogP contribution >= 0.6 is 11.6 Å². The standard InChI is InChI=1S/C15H21ClN2O2/c1-10-4-3-7-15(17,9-10)14(19)18-13-8-11(20-2)5-6-12(13)16/h5-6,8,10H,3-4,7,9,17H2,1-2H3,(H,18,19). The van der Waals surface area contributed by atoms with Crippen LogP contribution in [0.2, 0.25) is 5.02 Å². The van der Waals surface area contributed by atoms with Crippen molar-refractivity contribution in [2.24, 2.45) is 11.7 Å². The number of nitrogens with two attached hydrogens (primary N) is 1. The molecule has 1 fully saturated rings. The normalized spacial score (nSPS) is 26.1. The lowest BCUT2D eigenvalue weighted by Crippen LogP contribution is -2.53. The SMILES string of the molecule is COc1ccc(Cl)c(NC(=O)C2(N)CCCC(C)C2)c1. The summed E-state index contributed by atoms with van der Waals surface area (Å²) in [5.74, 6) is 0.951. The van der Waals surface area contributed by atoms with Crippen molar-refractivity contribution in [2.45, 2.75) is 38.1 Å². The van der Waals surface area contributed by atoms with Gasteiger partial charge >= 0.3 is 0 Å². The summed E-state index contributed by atoms with van der Waals surface area (Å²) in [4.78, 5) is 12.5. The number of methoxy groups -OCH3 is 1. The molecular formula is C15H21ClN2O2. The van der Waals surface area contributed by atoms with Crippen LogP contribution in [-0.4, -0.2) is 18.6 Å². The van der Waals surface area contributed by atoms with E-state index in [2.05, 4.69) is 12.2 Å². The summed E-state index contributed by atoms with van der Waals surface area (Å²) >= 11 is 6.10. The van der Waals surface area contributed by atoms with E-state index in [1.165, 1.54) is 0 Å². The summed E-state index contributed by atoms with van der Waals surface area (Å²) in [6.07, 6.45) is 3.54. The van der Waals surface area contributed by atoms with Gasteiger partial charge in [-0.25, -0.2) is 0 Å². The molecule has 20 heavy (non-hydrogen) atoms. The average Bonchev–Trinajstić information content (AvgIpc) is 2.41. The van der Waals surface area contributed by atoms with Gasteiger partial charge in [-0.2, -0.15) is 0 Å². The van der Waals surface area contributed by atoms with Crippen LogP contribution in [0, 0.1) is 5.92 Å². The van der Waals surface area contributed by atoms with E-state index < -0.39 is 5.54 Å². The Hall–Kier alpha value is -1.26. The molecule has 1 amide bonds. The van der Waals surface area contributed by atoms with E-state index in [1.807, 2.05) is 0 Å². The predicted molar refractivity (Wildman–Crippen MR) is 81.2 cm³/mol. The number of hydrogen-bond donors (Lipinski definition) is 2. The molecule has 0 aliphatic heterocycles. The molecule has 5 heteroatoms. The summed E-state index contributed by atoms with van der Waals surface area (Å²) in [5, 5.41) is 3.32. The van der Waals surface area contributed by atoms with E-state index in [0.29, 0.717) is 35.2 Å². The van der Waals surface area contributed by atoms with Gasteiger partial charge in [0.05, 0.1) is 23.4 Å². The third-order valence-corrected chi connectivity index (χ3v) is 4.24. The van der Waals surface area contributed by atoms with Gasteiger partial charge in [-0.15, -0.1) is 0 Å². The second kappa shape index (κ2) is 6.02. The lowest BCUT2D eigenvalue weighted by atomic mass is 9.76. The van der Waals surface area contributed by atoms with Gasteiger partial charge in [0.1, 0.15) is 5.75 Å². The lowest BCUT2D eigenvalue weighted by Gasteiger charge is -2.35. The van der Waals surface area contributed by atoms with Gasteiger partial charge in [0.2, 0.25) is 5.91 Å². The molecular weight excluding hydrogens is 276 g/mol. The Kier molecular flexibility index (Phi) is 4.55. The minimum absolute atomic E-state index is 0.167. The number of ether oxygens (including phenoxy) is 1. The van der Waals surface area contributed by atoms with Crippen LogP contribution in [0.1, 0.15) is 32.6 Å². The number of carbonyl (C=O) groups excluding carboxylic acids is 1. The number of nitrogens with one attached hydrogen (secondary N) is 1. The third-order valence-electron chi connectivity index (χ3n) is 3.91. The Morgan fingerprint density at radius 2 is 2.30 bits per heavy atom. The zero-order chi connectivity index (χ0) is 14.8. The zero-order valence-electron chi connectivity index (χ0n) is 11.9. The molecule has 0 aromatic heterocycles. The van der Waals surface area contributed by atoms with Crippen LogP contribution in [0.15, 0.2) is 18.2 Å².